The van der Waals surface area contributed by atoms with E-state index in [1.165, 1.54) is 10.1 Å². The lowest BCUT2D eigenvalue weighted by Gasteiger charge is -2.14. The lowest BCUT2D eigenvalue weighted by molar-refractivity contribution is -0.116. The first-order valence-corrected chi connectivity index (χ1v) is 16.1. The van der Waals surface area contributed by atoms with E-state index in [0.717, 1.165) is 34.1 Å². The van der Waals surface area contributed by atoms with E-state index in [9.17, 15) is 14.4 Å². The first kappa shape index (κ1) is 30.9. The average Bonchev–Trinajstić information content (AvgIpc) is 3.67. The average molecular weight is 658 g/mol. The fourth-order valence-corrected chi connectivity index (χ4v) is 6.17. The Bertz CT molecular complexity index is 2340. The molecule has 0 saturated heterocycles. The standard InChI is InChI=1S/C37H32ClN7O3/c38-29-18-19-31-30(21-29)40-36(43(31)20-10-17-26-11-4-1-5-12-26)41-32(46)24-45-35(47)33-34(39-25-42(33)22-27-13-6-2-7-14-27)44(37(45)48)23-28-15-8-3-9-16-28/h1-9,11-16,18-19,21,25H,10,17,20,22-24H2,(H,40,41,46). The van der Waals surface area contributed by atoms with Crippen LogP contribution in [-0.2, 0) is 37.4 Å². The number of benzene rings is 4. The molecular formula is C37H32ClN7O3. The van der Waals surface area contributed by atoms with Crippen molar-refractivity contribution in [3.05, 3.63) is 158 Å². The number of carbonyl (C=O) groups is 1. The van der Waals surface area contributed by atoms with Crippen LogP contribution in [0.25, 0.3) is 22.2 Å². The molecule has 0 spiro atoms. The van der Waals surface area contributed by atoms with Crippen LogP contribution in [0.1, 0.15) is 23.1 Å². The Hall–Kier alpha value is -5.74. The maximum absolute atomic E-state index is 14.0. The minimum atomic E-state index is -0.625. The van der Waals surface area contributed by atoms with Crippen LogP contribution >= 0.6 is 11.6 Å². The number of amides is 1. The summed E-state index contributed by atoms with van der Waals surface area (Å²) in [5.41, 5.74) is 3.77. The highest BCUT2D eigenvalue weighted by Gasteiger charge is 2.21. The summed E-state index contributed by atoms with van der Waals surface area (Å²) >= 11 is 6.27. The molecule has 3 aromatic heterocycles. The quantitative estimate of drug-likeness (QED) is 0.191. The topological polar surface area (TPSA) is 109 Å². The highest BCUT2D eigenvalue weighted by molar-refractivity contribution is 6.31. The van der Waals surface area contributed by atoms with Crippen LogP contribution in [0.15, 0.2) is 125 Å². The van der Waals surface area contributed by atoms with Gasteiger partial charge in [-0.15, -0.1) is 0 Å². The lowest BCUT2D eigenvalue weighted by Crippen LogP contribution is -2.43. The number of fused-ring (bicyclic) bond motifs is 2. The van der Waals surface area contributed by atoms with E-state index >= 15 is 0 Å². The number of imidazole rings is 2. The van der Waals surface area contributed by atoms with E-state index in [-0.39, 0.29) is 17.7 Å². The number of halogens is 1. The van der Waals surface area contributed by atoms with E-state index in [2.05, 4.69) is 27.4 Å². The molecule has 11 heteroatoms. The van der Waals surface area contributed by atoms with E-state index in [0.29, 0.717) is 29.6 Å². The molecule has 0 aliphatic rings. The number of hydrogen-bond acceptors (Lipinski definition) is 5. The summed E-state index contributed by atoms with van der Waals surface area (Å²) in [7, 11) is 0. The van der Waals surface area contributed by atoms with Crippen LogP contribution in [-0.4, -0.2) is 34.1 Å². The van der Waals surface area contributed by atoms with Crippen LogP contribution in [0.5, 0.6) is 0 Å². The van der Waals surface area contributed by atoms with Crippen molar-refractivity contribution in [3.8, 4) is 0 Å². The SMILES string of the molecule is O=C(Cn1c(=O)c2c(ncn2Cc2ccccc2)n(Cc2ccccc2)c1=O)Nc1nc2cc(Cl)ccc2n1CCCc1ccccc1. The normalized spacial score (nSPS) is 11.4. The molecule has 0 radical (unpaired) electrons. The van der Waals surface area contributed by atoms with Crippen LogP contribution in [0.4, 0.5) is 5.95 Å². The van der Waals surface area contributed by atoms with Crippen LogP contribution in [0.3, 0.4) is 0 Å². The second-order valence-corrected chi connectivity index (χ2v) is 12.1. The summed E-state index contributed by atoms with van der Waals surface area (Å²) < 4.78 is 6.07. The van der Waals surface area contributed by atoms with Crippen molar-refractivity contribution >= 4 is 45.7 Å². The van der Waals surface area contributed by atoms with E-state index < -0.39 is 23.7 Å². The Labute approximate surface area is 280 Å². The molecule has 1 N–H and O–H groups in total. The van der Waals surface area contributed by atoms with Crippen LogP contribution in [0, 0.1) is 0 Å². The van der Waals surface area contributed by atoms with Crippen molar-refractivity contribution in [1.29, 1.82) is 0 Å². The number of hydrogen-bond donors (Lipinski definition) is 1. The monoisotopic (exact) mass is 657 g/mol. The van der Waals surface area contributed by atoms with Gasteiger partial charge in [-0.2, -0.15) is 0 Å². The molecule has 0 bridgehead atoms. The maximum atomic E-state index is 14.0. The summed E-state index contributed by atoms with van der Waals surface area (Å²) in [6.45, 7) is 0.625. The van der Waals surface area contributed by atoms with Gasteiger partial charge in [-0.25, -0.2) is 19.3 Å². The largest absolute Gasteiger partial charge is 0.333 e. The Morgan fingerprint density at radius 3 is 2.08 bits per heavy atom. The highest BCUT2D eigenvalue weighted by Crippen LogP contribution is 2.24. The highest BCUT2D eigenvalue weighted by atomic mass is 35.5. The van der Waals surface area contributed by atoms with Crippen molar-refractivity contribution in [3.63, 3.8) is 0 Å². The fraction of sp³-hybridized carbons (Fsp3) is 0.162. The van der Waals surface area contributed by atoms with Gasteiger partial charge in [0.1, 0.15) is 6.54 Å². The van der Waals surface area contributed by atoms with Crippen molar-refractivity contribution in [2.45, 2.75) is 39.0 Å². The van der Waals surface area contributed by atoms with Crippen molar-refractivity contribution < 1.29 is 4.79 Å². The molecule has 1 amide bonds. The number of carbonyl (C=O) groups excluding carboxylic acids is 1. The molecular weight excluding hydrogens is 626 g/mol. The molecule has 0 fully saturated rings. The van der Waals surface area contributed by atoms with Crippen LogP contribution < -0.4 is 16.6 Å². The summed E-state index contributed by atoms with van der Waals surface area (Å²) in [6, 6.07) is 34.7. The number of aryl methyl sites for hydroxylation is 2. The number of nitrogens with one attached hydrogen (secondary N) is 1. The predicted octanol–water partition coefficient (Wildman–Crippen LogP) is 5.73. The zero-order chi connectivity index (χ0) is 33.0. The molecule has 0 aliphatic heterocycles. The Kier molecular flexibility index (Phi) is 8.72. The first-order valence-electron chi connectivity index (χ1n) is 15.7. The molecule has 7 aromatic rings. The second kappa shape index (κ2) is 13.5. The minimum absolute atomic E-state index is 0.179. The van der Waals surface area contributed by atoms with Crippen molar-refractivity contribution in [2.75, 3.05) is 5.32 Å². The number of anilines is 1. The smallest absolute Gasteiger partial charge is 0.320 e. The van der Waals surface area contributed by atoms with Gasteiger partial charge in [0.05, 0.1) is 23.9 Å². The number of nitrogens with zero attached hydrogens (tertiary/aromatic N) is 6. The summed E-state index contributed by atoms with van der Waals surface area (Å²) in [6.07, 6.45) is 3.20. The molecule has 0 aliphatic carbocycles. The fourth-order valence-electron chi connectivity index (χ4n) is 6.01. The molecule has 7 rings (SSSR count). The third kappa shape index (κ3) is 6.43. The molecule has 48 heavy (non-hydrogen) atoms. The van der Waals surface area contributed by atoms with Gasteiger partial charge < -0.3 is 9.13 Å². The Morgan fingerprint density at radius 2 is 1.40 bits per heavy atom. The number of rotatable bonds is 11. The molecule has 0 saturated carbocycles. The van der Waals surface area contributed by atoms with E-state index in [4.69, 9.17) is 11.6 Å². The van der Waals surface area contributed by atoms with Gasteiger partial charge in [-0.05, 0) is 47.7 Å². The molecule has 0 unspecified atom stereocenters. The Balaban J connectivity index is 1.23. The Morgan fingerprint density at radius 1 is 0.750 bits per heavy atom. The molecule has 10 nitrogen and oxygen atoms in total. The van der Waals surface area contributed by atoms with Crippen molar-refractivity contribution in [1.82, 2.24) is 28.2 Å². The summed E-state index contributed by atoms with van der Waals surface area (Å²) in [4.78, 5) is 50.8. The third-order valence-electron chi connectivity index (χ3n) is 8.32. The van der Waals surface area contributed by atoms with Crippen LogP contribution in [0.2, 0.25) is 5.02 Å². The van der Waals surface area contributed by atoms with E-state index in [1.807, 2.05) is 89.5 Å². The van der Waals surface area contributed by atoms with Gasteiger partial charge in [-0.3, -0.25) is 19.5 Å². The van der Waals surface area contributed by atoms with Crippen molar-refractivity contribution in [2.24, 2.45) is 0 Å². The third-order valence-corrected chi connectivity index (χ3v) is 8.55. The van der Waals surface area contributed by atoms with Gasteiger partial charge in [0.15, 0.2) is 11.2 Å². The van der Waals surface area contributed by atoms with Gasteiger partial charge in [0.2, 0.25) is 11.9 Å². The predicted molar refractivity (Wildman–Crippen MR) is 187 cm³/mol. The van der Waals surface area contributed by atoms with Gasteiger partial charge in [-0.1, -0.05) is 103 Å². The molecule has 3 heterocycles. The summed E-state index contributed by atoms with van der Waals surface area (Å²) in [5.74, 6) is -0.238. The molecule has 4 aromatic carbocycles. The summed E-state index contributed by atoms with van der Waals surface area (Å²) in [5, 5.41) is 3.40. The first-order chi connectivity index (χ1) is 23.4. The minimum Gasteiger partial charge on any atom is -0.320 e. The number of aromatic nitrogens is 6. The zero-order valence-corrected chi connectivity index (χ0v) is 26.8. The maximum Gasteiger partial charge on any atom is 0.333 e. The van der Waals surface area contributed by atoms with Gasteiger partial charge in [0.25, 0.3) is 5.56 Å². The van der Waals surface area contributed by atoms with E-state index in [1.54, 1.807) is 23.0 Å². The molecule has 0 atom stereocenters. The zero-order valence-electron chi connectivity index (χ0n) is 26.0. The second-order valence-electron chi connectivity index (χ2n) is 11.6. The van der Waals surface area contributed by atoms with Gasteiger partial charge in [0, 0.05) is 18.1 Å². The lowest BCUT2D eigenvalue weighted by atomic mass is 10.1. The molecule has 240 valence electrons. The van der Waals surface area contributed by atoms with Gasteiger partial charge >= 0.3 is 5.69 Å².